The van der Waals surface area contributed by atoms with Crippen LogP contribution < -0.4 is 10.1 Å². The van der Waals surface area contributed by atoms with Gasteiger partial charge in [-0.1, -0.05) is 38.5 Å². The van der Waals surface area contributed by atoms with Gasteiger partial charge >= 0.3 is 11.9 Å². The van der Waals surface area contributed by atoms with E-state index in [1.165, 1.54) is 17.1 Å². The van der Waals surface area contributed by atoms with E-state index in [9.17, 15) is 5.11 Å². The summed E-state index contributed by atoms with van der Waals surface area (Å²) in [7, 11) is 0. The van der Waals surface area contributed by atoms with Crippen LogP contribution in [0.4, 0.5) is 0 Å². The molecule has 1 unspecified atom stereocenters. The number of thioether (sulfide) groups is 1. The van der Waals surface area contributed by atoms with E-state index in [0.29, 0.717) is 13.2 Å². The van der Waals surface area contributed by atoms with Crippen molar-refractivity contribution in [1.82, 2.24) is 5.32 Å². The van der Waals surface area contributed by atoms with E-state index in [1.807, 2.05) is 30.0 Å². The topological polar surface area (TPSA) is 116 Å². The number of ether oxygens (including phenoxy) is 1. The number of nitrogens with one attached hydrogen (secondary N) is 1. The summed E-state index contributed by atoms with van der Waals surface area (Å²) in [6.45, 7) is 6.22. The monoisotopic (exact) mass is 401 g/mol. The van der Waals surface area contributed by atoms with Gasteiger partial charge in [-0.15, -0.1) is 0 Å². The Hall–Kier alpha value is -1.77. The molecule has 0 spiro atoms. The molecule has 0 aliphatic carbocycles. The van der Waals surface area contributed by atoms with Crippen molar-refractivity contribution in [2.45, 2.75) is 39.2 Å². The predicted molar refractivity (Wildman–Crippen MR) is 108 cm³/mol. The Morgan fingerprint density at radius 2 is 1.85 bits per heavy atom. The van der Waals surface area contributed by atoms with E-state index in [1.54, 1.807) is 0 Å². The van der Waals surface area contributed by atoms with E-state index < -0.39 is 18.0 Å². The van der Waals surface area contributed by atoms with E-state index >= 15 is 0 Å². The number of para-hydroxylation sites is 1. The van der Waals surface area contributed by atoms with Gasteiger partial charge in [-0.3, -0.25) is 0 Å². The zero-order valence-electron chi connectivity index (χ0n) is 16.0. The standard InChI is InChI=1S/C17H29NO2S.C2H2O4/c1-3-8-15-9-5-6-10-17(15)20-14-16(19)13-18-11-7-12-21-4-2;3-1(4)2(5)6/h5-6,9-10,16,18-19H,3-4,7-8,11-14H2,1-2H3;(H,3,4)(H,5,6). The fourth-order valence-corrected chi connectivity index (χ4v) is 2.71. The summed E-state index contributed by atoms with van der Waals surface area (Å²) in [5.41, 5.74) is 1.22. The smallest absolute Gasteiger partial charge is 0.414 e. The molecule has 4 N–H and O–H groups in total. The number of hydrogen-bond donors (Lipinski definition) is 4. The molecule has 0 bridgehead atoms. The highest BCUT2D eigenvalue weighted by Crippen LogP contribution is 2.19. The highest BCUT2D eigenvalue weighted by molar-refractivity contribution is 7.99. The molecular formula is C19H31NO6S. The Bertz CT molecular complexity index is 529. The number of aryl methyl sites for hydroxylation is 1. The van der Waals surface area contributed by atoms with Crippen molar-refractivity contribution < 1.29 is 29.6 Å². The van der Waals surface area contributed by atoms with Crippen LogP contribution in [-0.4, -0.2) is 64.6 Å². The molecular weight excluding hydrogens is 370 g/mol. The summed E-state index contributed by atoms with van der Waals surface area (Å²) >= 11 is 1.95. The number of aliphatic hydroxyl groups excluding tert-OH is 1. The first-order valence-corrected chi connectivity index (χ1v) is 10.2. The summed E-state index contributed by atoms with van der Waals surface area (Å²) in [6, 6.07) is 8.08. The number of benzene rings is 1. The van der Waals surface area contributed by atoms with Crippen molar-refractivity contribution in [2.75, 3.05) is 31.2 Å². The lowest BCUT2D eigenvalue weighted by Crippen LogP contribution is -2.32. The first-order valence-electron chi connectivity index (χ1n) is 9.05. The number of rotatable bonds is 12. The third-order valence-corrected chi connectivity index (χ3v) is 4.32. The molecule has 0 radical (unpaired) electrons. The van der Waals surface area contributed by atoms with Crippen LogP contribution in [-0.2, 0) is 16.0 Å². The summed E-state index contributed by atoms with van der Waals surface area (Å²) < 4.78 is 5.75. The fourth-order valence-electron chi connectivity index (χ4n) is 2.08. The molecule has 1 aromatic rings. The van der Waals surface area contributed by atoms with Gasteiger partial charge in [0.1, 0.15) is 18.5 Å². The average Bonchev–Trinajstić information content (AvgIpc) is 2.64. The van der Waals surface area contributed by atoms with Crippen molar-refractivity contribution in [3.05, 3.63) is 29.8 Å². The fraction of sp³-hybridized carbons (Fsp3) is 0.579. The molecule has 154 valence electrons. The van der Waals surface area contributed by atoms with Crippen LogP contribution in [0.15, 0.2) is 24.3 Å². The van der Waals surface area contributed by atoms with Gasteiger partial charge in [0.25, 0.3) is 0 Å². The molecule has 0 saturated carbocycles. The number of aliphatic hydroxyl groups is 1. The van der Waals surface area contributed by atoms with E-state index in [-0.39, 0.29) is 0 Å². The molecule has 8 heteroatoms. The van der Waals surface area contributed by atoms with Gasteiger partial charge in [0.05, 0.1) is 0 Å². The second-order valence-electron chi connectivity index (χ2n) is 5.69. The Balaban J connectivity index is 0.000000972. The Morgan fingerprint density at radius 1 is 1.19 bits per heavy atom. The highest BCUT2D eigenvalue weighted by Gasteiger charge is 2.07. The van der Waals surface area contributed by atoms with E-state index in [2.05, 4.69) is 25.2 Å². The van der Waals surface area contributed by atoms with Crippen LogP contribution in [0.2, 0.25) is 0 Å². The maximum absolute atomic E-state index is 9.94. The predicted octanol–water partition coefficient (Wildman–Crippen LogP) is 2.27. The van der Waals surface area contributed by atoms with Gasteiger partial charge in [-0.25, -0.2) is 9.59 Å². The van der Waals surface area contributed by atoms with Crippen molar-refractivity contribution >= 4 is 23.7 Å². The quantitative estimate of drug-likeness (QED) is 0.311. The number of aliphatic carboxylic acids is 2. The SMILES string of the molecule is CCCc1ccccc1OCC(O)CNCCCSCC.O=C(O)C(=O)O. The second kappa shape index (κ2) is 16.4. The molecule has 0 aromatic heterocycles. The third-order valence-electron chi connectivity index (χ3n) is 3.33. The minimum atomic E-state index is -1.82. The molecule has 0 saturated heterocycles. The van der Waals surface area contributed by atoms with E-state index in [0.717, 1.165) is 31.6 Å². The van der Waals surface area contributed by atoms with Crippen LogP contribution in [0.25, 0.3) is 0 Å². The van der Waals surface area contributed by atoms with Gasteiger partial charge in [0.2, 0.25) is 0 Å². The molecule has 0 fully saturated rings. The van der Waals surface area contributed by atoms with Crippen LogP contribution in [0.3, 0.4) is 0 Å². The van der Waals surface area contributed by atoms with Crippen molar-refractivity contribution in [3.8, 4) is 5.75 Å². The number of carbonyl (C=O) groups is 2. The molecule has 0 amide bonds. The lowest BCUT2D eigenvalue weighted by atomic mass is 10.1. The first-order chi connectivity index (χ1) is 12.9. The summed E-state index contributed by atoms with van der Waals surface area (Å²) in [5, 5.41) is 28.0. The highest BCUT2D eigenvalue weighted by atomic mass is 32.2. The molecule has 1 rings (SSSR count). The second-order valence-corrected chi connectivity index (χ2v) is 7.08. The molecule has 0 heterocycles. The first kappa shape index (κ1) is 25.2. The molecule has 7 nitrogen and oxygen atoms in total. The maximum atomic E-state index is 9.94. The van der Waals surface area contributed by atoms with Gasteiger partial charge < -0.3 is 25.4 Å². The number of carboxylic acid groups (broad SMARTS) is 2. The van der Waals surface area contributed by atoms with Crippen LogP contribution in [0.5, 0.6) is 5.75 Å². The summed E-state index contributed by atoms with van der Waals surface area (Å²) in [4.78, 5) is 18.2. The minimum absolute atomic E-state index is 0.345. The summed E-state index contributed by atoms with van der Waals surface area (Å²) in [6.07, 6.45) is 2.80. The molecule has 0 aliphatic rings. The Morgan fingerprint density at radius 3 is 2.44 bits per heavy atom. The lowest BCUT2D eigenvalue weighted by Gasteiger charge is -2.15. The van der Waals surface area contributed by atoms with E-state index in [4.69, 9.17) is 24.5 Å². The number of hydrogen-bond acceptors (Lipinski definition) is 6. The zero-order chi connectivity index (χ0) is 20.5. The van der Waals surface area contributed by atoms with Crippen LogP contribution >= 0.6 is 11.8 Å². The van der Waals surface area contributed by atoms with Gasteiger partial charge in [0, 0.05) is 6.54 Å². The van der Waals surface area contributed by atoms with Gasteiger partial charge in [-0.2, -0.15) is 11.8 Å². The molecule has 0 aliphatic heterocycles. The van der Waals surface area contributed by atoms with Crippen molar-refractivity contribution in [3.63, 3.8) is 0 Å². The van der Waals surface area contributed by atoms with Gasteiger partial charge in [-0.05, 0) is 42.5 Å². The van der Waals surface area contributed by atoms with Crippen molar-refractivity contribution in [1.29, 1.82) is 0 Å². The summed E-state index contributed by atoms with van der Waals surface area (Å²) in [5.74, 6) is -0.392. The number of carboxylic acids is 2. The van der Waals surface area contributed by atoms with Crippen LogP contribution in [0.1, 0.15) is 32.3 Å². The molecule has 1 aromatic carbocycles. The Kier molecular flexibility index (Phi) is 15.3. The Labute approximate surface area is 165 Å². The zero-order valence-corrected chi connectivity index (χ0v) is 16.8. The lowest BCUT2D eigenvalue weighted by molar-refractivity contribution is -0.159. The molecule has 1 atom stereocenters. The van der Waals surface area contributed by atoms with Crippen molar-refractivity contribution in [2.24, 2.45) is 0 Å². The molecule has 27 heavy (non-hydrogen) atoms. The van der Waals surface area contributed by atoms with Crippen LogP contribution in [0, 0.1) is 0 Å². The largest absolute Gasteiger partial charge is 0.491 e. The van der Waals surface area contributed by atoms with Gasteiger partial charge in [0.15, 0.2) is 0 Å². The normalized spacial score (nSPS) is 11.2. The maximum Gasteiger partial charge on any atom is 0.414 e. The minimum Gasteiger partial charge on any atom is -0.491 e. The average molecular weight is 402 g/mol. The third kappa shape index (κ3) is 14.0.